The first-order chi connectivity index (χ1) is 8.04. The third kappa shape index (κ3) is 2.26. The number of nitrogens with zero attached hydrogens (tertiary/aromatic N) is 2. The van der Waals surface area contributed by atoms with Gasteiger partial charge in [-0.15, -0.1) is 11.6 Å². The van der Waals surface area contributed by atoms with Crippen LogP contribution >= 0.6 is 27.5 Å². The summed E-state index contributed by atoms with van der Waals surface area (Å²) in [5.41, 5.74) is 5.48. The van der Waals surface area contributed by atoms with Crippen molar-refractivity contribution in [1.82, 2.24) is 9.78 Å². The number of alkyl halides is 1. The van der Waals surface area contributed by atoms with Crippen LogP contribution in [0.2, 0.25) is 0 Å². The predicted molar refractivity (Wildman–Crippen MR) is 75.0 cm³/mol. The molecule has 1 heterocycles. The van der Waals surface area contributed by atoms with Crippen molar-refractivity contribution in [2.45, 2.75) is 26.7 Å². The summed E-state index contributed by atoms with van der Waals surface area (Å²) in [4.78, 5) is 0. The first kappa shape index (κ1) is 12.7. The van der Waals surface area contributed by atoms with Crippen LogP contribution in [0.3, 0.4) is 0 Å². The number of hydrogen-bond donors (Lipinski definition) is 0. The molecule has 0 amide bonds. The normalized spacial score (nSPS) is 10.9. The lowest BCUT2D eigenvalue weighted by molar-refractivity contribution is 0.832. The lowest BCUT2D eigenvalue weighted by atomic mass is 10.2. The summed E-state index contributed by atoms with van der Waals surface area (Å²) < 4.78 is 3.03. The lowest BCUT2D eigenvalue weighted by Gasteiger charge is -2.07. The Morgan fingerprint density at radius 2 is 2.00 bits per heavy atom. The Morgan fingerprint density at radius 3 is 2.53 bits per heavy atom. The maximum absolute atomic E-state index is 5.93. The van der Waals surface area contributed by atoms with E-state index < -0.39 is 0 Å². The number of aryl methyl sites for hydroxylation is 2. The molecule has 0 spiro atoms. The van der Waals surface area contributed by atoms with Crippen LogP contribution in [0.15, 0.2) is 22.7 Å². The van der Waals surface area contributed by atoms with E-state index in [-0.39, 0.29) is 0 Å². The molecule has 0 unspecified atom stereocenters. The summed E-state index contributed by atoms with van der Waals surface area (Å²) in [6.45, 7) is 6.11. The van der Waals surface area contributed by atoms with Crippen LogP contribution in [-0.4, -0.2) is 9.78 Å². The van der Waals surface area contributed by atoms with Crippen LogP contribution < -0.4 is 0 Å². The fourth-order valence-electron chi connectivity index (χ4n) is 1.83. The van der Waals surface area contributed by atoms with Gasteiger partial charge in [-0.2, -0.15) is 5.10 Å². The van der Waals surface area contributed by atoms with Crippen LogP contribution in [0.5, 0.6) is 0 Å². The van der Waals surface area contributed by atoms with Crippen LogP contribution in [-0.2, 0) is 5.88 Å². The highest BCUT2D eigenvalue weighted by atomic mass is 79.9. The van der Waals surface area contributed by atoms with E-state index in [0.29, 0.717) is 5.88 Å². The van der Waals surface area contributed by atoms with E-state index in [9.17, 15) is 0 Å². The van der Waals surface area contributed by atoms with E-state index in [4.69, 9.17) is 11.6 Å². The minimum atomic E-state index is 0.505. The monoisotopic (exact) mass is 312 g/mol. The van der Waals surface area contributed by atoms with Gasteiger partial charge in [0.15, 0.2) is 0 Å². The molecule has 1 aromatic heterocycles. The zero-order valence-electron chi connectivity index (χ0n) is 10.1. The van der Waals surface area contributed by atoms with Crippen molar-refractivity contribution < 1.29 is 0 Å². The Kier molecular flexibility index (Phi) is 3.59. The molecule has 17 heavy (non-hydrogen) atoms. The summed E-state index contributed by atoms with van der Waals surface area (Å²) in [5, 5.41) is 4.53. The lowest BCUT2D eigenvalue weighted by Crippen LogP contribution is -1.99. The number of halogens is 2. The number of benzene rings is 1. The van der Waals surface area contributed by atoms with Gasteiger partial charge in [0.25, 0.3) is 0 Å². The van der Waals surface area contributed by atoms with Crippen molar-refractivity contribution in [2.75, 3.05) is 0 Å². The Morgan fingerprint density at radius 1 is 1.29 bits per heavy atom. The van der Waals surface area contributed by atoms with E-state index >= 15 is 0 Å². The minimum absolute atomic E-state index is 0.505. The molecule has 0 saturated heterocycles. The molecule has 0 bridgehead atoms. The molecule has 4 heteroatoms. The van der Waals surface area contributed by atoms with Crippen LogP contribution in [0.4, 0.5) is 0 Å². The summed E-state index contributed by atoms with van der Waals surface area (Å²) in [6.07, 6.45) is 0. The van der Waals surface area contributed by atoms with Gasteiger partial charge in [0, 0.05) is 15.7 Å². The van der Waals surface area contributed by atoms with Crippen molar-refractivity contribution >= 4 is 27.5 Å². The van der Waals surface area contributed by atoms with Gasteiger partial charge in [-0.1, -0.05) is 22.0 Å². The van der Waals surface area contributed by atoms with Gasteiger partial charge in [-0.05, 0) is 38.5 Å². The van der Waals surface area contributed by atoms with Gasteiger partial charge >= 0.3 is 0 Å². The van der Waals surface area contributed by atoms with Gasteiger partial charge in [0.2, 0.25) is 0 Å². The Bertz CT molecular complexity index is 561. The minimum Gasteiger partial charge on any atom is -0.237 e. The molecule has 0 saturated carbocycles. The predicted octanol–water partition coefficient (Wildman–Crippen LogP) is 4.30. The maximum atomic E-state index is 5.93. The summed E-state index contributed by atoms with van der Waals surface area (Å²) in [5.74, 6) is 0.505. The first-order valence-corrected chi connectivity index (χ1v) is 6.75. The standard InChI is InChI=1S/C13H14BrClN2/c1-8-4-5-11(6-13(8)14)17-10(3)12(7-15)9(2)16-17/h4-6H,7H2,1-3H3. The molecule has 90 valence electrons. The zero-order chi connectivity index (χ0) is 12.6. The first-order valence-electron chi connectivity index (χ1n) is 5.42. The Hall–Kier alpha value is -0.800. The molecule has 0 aliphatic carbocycles. The smallest absolute Gasteiger partial charge is 0.0660 e. The third-order valence-electron chi connectivity index (χ3n) is 2.97. The highest BCUT2D eigenvalue weighted by Crippen LogP contribution is 2.23. The molecule has 2 aromatic rings. The van der Waals surface area contributed by atoms with E-state index in [2.05, 4.69) is 46.2 Å². The molecular weight excluding hydrogens is 300 g/mol. The molecular formula is C13H14BrClN2. The topological polar surface area (TPSA) is 17.8 Å². The second kappa shape index (κ2) is 4.83. The third-order valence-corrected chi connectivity index (χ3v) is 4.10. The zero-order valence-corrected chi connectivity index (χ0v) is 12.4. The molecule has 0 fully saturated rings. The van der Waals surface area contributed by atoms with E-state index in [1.165, 1.54) is 5.56 Å². The molecule has 0 aliphatic rings. The van der Waals surface area contributed by atoms with Crippen molar-refractivity contribution in [3.8, 4) is 5.69 Å². The van der Waals surface area contributed by atoms with Gasteiger partial charge < -0.3 is 0 Å². The molecule has 0 atom stereocenters. The fourth-order valence-corrected chi connectivity index (χ4v) is 2.59. The average molecular weight is 314 g/mol. The second-order valence-corrected chi connectivity index (χ2v) is 5.25. The number of rotatable bonds is 2. The van der Waals surface area contributed by atoms with Crippen LogP contribution in [0.1, 0.15) is 22.5 Å². The van der Waals surface area contributed by atoms with E-state index in [0.717, 1.165) is 27.1 Å². The Balaban J connectivity index is 2.57. The van der Waals surface area contributed by atoms with Crippen molar-refractivity contribution in [3.63, 3.8) is 0 Å². The van der Waals surface area contributed by atoms with Gasteiger partial charge in [-0.25, -0.2) is 4.68 Å². The molecule has 0 aliphatic heterocycles. The Labute approximate surface area is 115 Å². The molecule has 2 nitrogen and oxygen atoms in total. The number of hydrogen-bond acceptors (Lipinski definition) is 1. The van der Waals surface area contributed by atoms with Gasteiger partial charge in [0.1, 0.15) is 0 Å². The van der Waals surface area contributed by atoms with E-state index in [1.807, 2.05) is 18.5 Å². The second-order valence-electron chi connectivity index (χ2n) is 4.13. The SMILES string of the molecule is Cc1ccc(-n2nc(C)c(CCl)c2C)cc1Br. The van der Waals surface area contributed by atoms with E-state index in [1.54, 1.807) is 0 Å². The highest BCUT2D eigenvalue weighted by molar-refractivity contribution is 9.10. The molecule has 0 N–H and O–H groups in total. The highest BCUT2D eigenvalue weighted by Gasteiger charge is 2.12. The molecule has 0 radical (unpaired) electrons. The van der Waals surface area contributed by atoms with Crippen molar-refractivity contribution in [3.05, 3.63) is 45.2 Å². The largest absolute Gasteiger partial charge is 0.237 e. The van der Waals surface area contributed by atoms with Crippen molar-refractivity contribution in [2.24, 2.45) is 0 Å². The summed E-state index contributed by atoms with van der Waals surface area (Å²) in [6, 6.07) is 6.22. The molecule has 1 aromatic carbocycles. The molecule has 2 rings (SSSR count). The summed E-state index contributed by atoms with van der Waals surface area (Å²) in [7, 11) is 0. The van der Waals surface area contributed by atoms with Gasteiger partial charge in [0.05, 0.1) is 17.3 Å². The van der Waals surface area contributed by atoms with Gasteiger partial charge in [-0.3, -0.25) is 0 Å². The summed E-state index contributed by atoms with van der Waals surface area (Å²) >= 11 is 9.48. The average Bonchev–Trinajstić information content (AvgIpc) is 2.58. The van der Waals surface area contributed by atoms with Crippen LogP contribution in [0.25, 0.3) is 5.69 Å². The maximum Gasteiger partial charge on any atom is 0.0660 e. The van der Waals surface area contributed by atoms with Crippen LogP contribution in [0, 0.1) is 20.8 Å². The fraction of sp³-hybridized carbons (Fsp3) is 0.308. The quantitative estimate of drug-likeness (QED) is 0.756. The number of aromatic nitrogens is 2. The van der Waals surface area contributed by atoms with Crippen molar-refractivity contribution in [1.29, 1.82) is 0 Å².